The van der Waals surface area contributed by atoms with Crippen molar-refractivity contribution >= 4 is 22.8 Å². The van der Waals surface area contributed by atoms with E-state index in [-0.39, 0.29) is 13.2 Å². The maximum atomic E-state index is 12.8. The van der Waals surface area contributed by atoms with E-state index in [1.807, 2.05) is 55.7 Å². The van der Waals surface area contributed by atoms with E-state index in [4.69, 9.17) is 18.9 Å². The zero-order valence-corrected chi connectivity index (χ0v) is 19.0. The lowest BCUT2D eigenvalue weighted by molar-refractivity contribution is -0.146. The molecule has 0 amide bonds. The van der Waals surface area contributed by atoms with Gasteiger partial charge in [-0.25, -0.2) is 9.59 Å². The van der Waals surface area contributed by atoms with E-state index >= 15 is 0 Å². The number of nitrogens with zero attached hydrogens (tertiary/aromatic N) is 1. The lowest BCUT2D eigenvalue weighted by Crippen LogP contribution is -2.15. The fourth-order valence-corrected chi connectivity index (χ4v) is 3.54. The minimum atomic E-state index is -0.430. The third-order valence-corrected chi connectivity index (χ3v) is 4.88. The first kappa shape index (κ1) is 23.2. The Labute approximate surface area is 187 Å². The van der Waals surface area contributed by atoms with Crippen molar-refractivity contribution in [3.05, 3.63) is 53.7 Å². The lowest BCUT2D eigenvalue weighted by atomic mass is 10.1. The van der Waals surface area contributed by atoms with Gasteiger partial charge >= 0.3 is 11.9 Å². The van der Waals surface area contributed by atoms with Gasteiger partial charge in [0.2, 0.25) is 0 Å². The minimum Gasteiger partial charge on any atom is -0.494 e. The van der Waals surface area contributed by atoms with Crippen molar-refractivity contribution in [1.82, 2.24) is 4.57 Å². The van der Waals surface area contributed by atoms with Gasteiger partial charge in [0, 0.05) is 16.8 Å². The molecule has 0 aliphatic carbocycles. The molecule has 0 fully saturated rings. The number of hydrogen-bond donors (Lipinski definition) is 0. The number of fused-ring (bicyclic) bond motifs is 1. The summed E-state index contributed by atoms with van der Waals surface area (Å²) in [6.07, 6.45) is 0.749. The highest BCUT2D eigenvalue weighted by Gasteiger charge is 2.22. The summed E-state index contributed by atoms with van der Waals surface area (Å²) in [4.78, 5) is 24.6. The number of hydrogen-bond acceptors (Lipinski definition) is 6. The van der Waals surface area contributed by atoms with Gasteiger partial charge in [0.25, 0.3) is 0 Å². The van der Waals surface area contributed by atoms with Crippen LogP contribution in [0.25, 0.3) is 16.6 Å². The van der Waals surface area contributed by atoms with Gasteiger partial charge in [-0.15, -0.1) is 0 Å². The molecule has 0 spiro atoms. The Morgan fingerprint density at radius 3 is 2.25 bits per heavy atom. The van der Waals surface area contributed by atoms with Crippen LogP contribution in [-0.2, 0) is 14.3 Å². The highest BCUT2D eigenvalue weighted by Crippen LogP contribution is 2.33. The van der Waals surface area contributed by atoms with E-state index in [2.05, 4.69) is 0 Å². The number of aromatic nitrogens is 1. The molecule has 0 radical (unpaired) electrons. The first-order valence-corrected chi connectivity index (χ1v) is 10.8. The Balaban J connectivity index is 2.02. The zero-order chi connectivity index (χ0) is 23.1. The smallest absolute Gasteiger partial charge is 0.344 e. The van der Waals surface area contributed by atoms with E-state index in [1.165, 1.54) is 0 Å². The first-order chi connectivity index (χ1) is 15.5. The number of rotatable bonds is 10. The van der Waals surface area contributed by atoms with Crippen LogP contribution in [0.3, 0.4) is 0 Å². The molecule has 0 aliphatic heterocycles. The van der Waals surface area contributed by atoms with Crippen LogP contribution >= 0.6 is 0 Å². The number of ether oxygens (including phenoxy) is 4. The van der Waals surface area contributed by atoms with Gasteiger partial charge in [0.15, 0.2) is 6.61 Å². The van der Waals surface area contributed by atoms with Gasteiger partial charge in [0.1, 0.15) is 11.5 Å². The summed E-state index contributed by atoms with van der Waals surface area (Å²) in [5, 5.41) is 0.689. The van der Waals surface area contributed by atoms with E-state index in [0.29, 0.717) is 29.9 Å². The first-order valence-electron chi connectivity index (χ1n) is 10.8. The molecule has 0 atom stereocenters. The summed E-state index contributed by atoms with van der Waals surface area (Å²) in [5.74, 6) is 0.418. The van der Waals surface area contributed by atoms with Crippen molar-refractivity contribution in [2.24, 2.45) is 0 Å². The molecule has 0 aliphatic rings. The third-order valence-electron chi connectivity index (χ3n) is 4.88. The Hall–Kier alpha value is -3.48. The summed E-state index contributed by atoms with van der Waals surface area (Å²) < 4.78 is 23.5. The molecule has 7 heteroatoms. The van der Waals surface area contributed by atoms with E-state index in [0.717, 1.165) is 29.1 Å². The van der Waals surface area contributed by atoms with Crippen molar-refractivity contribution in [3.8, 4) is 17.2 Å². The summed E-state index contributed by atoms with van der Waals surface area (Å²) in [6.45, 7) is 8.54. The van der Waals surface area contributed by atoms with Crippen molar-refractivity contribution < 1.29 is 28.5 Å². The average molecular weight is 440 g/mol. The van der Waals surface area contributed by atoms with Crippen LogP contribution in [-0.4, -0.2) is 42.9 Å². The molecular formula is C25H29NO6. The summed E-state index contributed by atoms with van der Waals surface area (Å²) in [7, 11) is 0. The van der Waals surface area contributed by atoms with Crippen molar-refractivity contribution in [2.45, 2.75) is 34.1 Å². The molecule has 0 saturated carbocycles. The quantitative estimate of drug-likeness (QED) is 0.421. The predicted octanol–water partition coefficient (Wildman–Crippen LogP) is 4.85. The number of esters is 2. The standard InChI is InChI=1S/C25H29NO6/c1-5-14-31-23(27)16-32-20-12-13-22-21(15-20)24(25(28)30-7-3)17(4)26(22)18-8-10-19(11-9-18)29-6-2/h8-13,15H,5-7,14,16H2,1-4H3. The molecule has 1 aromatic heterocycles. The Morgan fingerprint density at radius 1 is 0.875 bits per heavy atom. The molecule has 0 N–H and O–H groups in total. The SMILES string of the molecule is CCCOC(=O)COc1ccc2c(c1)c(C(=O)OCC)c(C)n2-c1ccc(OCC)cc1. The second-order valence-electron chi connectivity index (χ2n) is 7.13. The predicted molar refractivity (Wildman–Crippen MR) is 122 cm³/mol. The second-order valence-corrected chi connectivity index (χ2v) is 7.13. The van der Waals surface area contributed by atoms with Crippen LogP contribution in [0.4, 0.5) is 0 Å². The van der Waals surface area contributed by atoms with Crippen molar-refractivity contribution in [3.63, 3.8) is 0 Å². The fourth-order valence-electron chi connectivity index (χ4n) is 3.54. The maximum Gasteiger partial charge on any atom is 0.344 e. The van der Waals surface area contributed by atoms with Crippen LogP contribution in [0.2, 0.25) is 0 Å². The second kappa shape index (κ2) is 10.7. The Kier molecular flexibility index (Phi) is 7.76. The monoisotopic (exact) mass is 439 g/mol. The normalized spacial score (nSPS) is 10.8. The molecule has 0 unspecified atom stereocenters. The zero-order valence-electron chi connectivity index (χ0n) is 19.0. The van der Waals surface area contributed by atoms with Crippen LogP contribution in [0.1, 0.15) is 43.2 Å². The topological polar surface area (TPSA) is 76.0 Å². The number of benzene rings is 2. The van der Waals surface area contributed by atoms with Gasteiger partial charge in [0.05, 0.1) is 30.9 Å². The van der Waals surface area contributed by atoms with Gasteiger partial charge in [-0.3, -0.25) is 0 Å². The van der Waals surface area contributed by atoms with Crippen LogP contribution < -0.4 is 9.47 Å². The van der Waals surface area contributed by atoms with Gasteiger partial charge < -0.3 is 23.5 Å². The molecule has 32 heavy (non-hydrogen) atoms. The summed E-state index contributed by atoms with van der Waals surface area (Å²) in [6, 6.07) is 13.1. The van der Waals surface area contributed by atoms with Gasteiger partial charge in [-0.1, -0.05) is 6.92 Å². The fraction of sp³-hybridized carbons (Fsp3) is 0.360. The molecule has 1 heterocycles. The number of carbonyl (C=O) groups excluding carboxylic acids is 2. The highest BCUT2D eigenvalue weighted by molar-refractivity contribution is 6.07. The van der Waals surface area contributed by atoms with Crippen LogP contribution in [0, 0.1) is 6.92 Å². The molecular weight excluding hydrogens is 410 g/mol. The van der Waals surface area contributed by atoms with Crippen LogP contribution in [0.15, 0.2) is 42.5 Å². The summed E-state index contributed by atoms with van der Waals surface area (Å²) >= 11 is 0. The molecule has 7 nitrogen and oxygen atoms in total. The molecule has 3 rings (SSSR count). The Bertz CT molecular complexity index is 1080. The molecule has 170 valence electrons. The largest absolute Gasteiger partial charge is 0.494 e. The molecule has 3 aromatic rings. The average Bonchev–Trinajstić information content (AvgIpc) is 3.08. The minimum absolute atomic E-state index is 0.196. The number of carbonyl (C=O) groups is 2. The van der Waals surface area contributed by atoms with Crippen LogP contribution in [0.5, 0.6) is 11.5 Å². The Morgan fingerprint density at radius 2 is 1.59 bits per heavy atom. The van der Waals surface area contributed by atoms with Crippen molar-refractivity contribution in [1.29, 1.82) is 0 Å². The maximum absolute atomic E-state index is 12.8. The van der Waals surface area contributed by atoms with E-state index in [1.54, 1.807) is 19.1 Å². The molecule has 0 saturated heterocycles. The third kappa shape index (κ3) is 5.04. The summed E-state index contributed by atoms with van der Waals surface area (Å²) in [5.41, 5.74) is 2.94. The van der Waals surface area contributed by atoms with Gasteiger partial charge in [-0.2, -0.15) is 0 Å². The molecule has 2 aromatic carbocycles. The van der Waals surface area contributed by atoms with E-state index < -0.39 is 11.9 Å². The van der Waals surface area contributed by atoms with Gasteiger partial charge in [-0.05, 0) is 69.7 Å². The highest BCUT2D eigenvalue weighted by atomic mass is 16.6. The molecule has 0 bridgehead atoms. The van der Waals surface area contributed by atoms with Crippen molar-refractivity contribution in [2.75, 3.05) is 26.4 Å². The van der Waals surface area contributed by atoms with E-state index in [9.17, 15) is 9.59 Å². The lowest BCUT2D eigenvalue weighted by Gasteiger charge is -2.11.